The van der Waals surface area contributed by atoms with Crippen molar-refractivity contribution >= 4 is 10.0 Å². The predicted molar refractivity (Wildman–Crippen MR) is 86.8 cm³/mol. The van der Waals surface area contributed by atoms with Crippen molar-refractivity contribution in [3.8, 4) is 0 Å². The first-order chi connectivity index (χ1) is 9.61. The van der Waals surface area contributed by atoms with Gasteiger partial charge < -0.3 is 9.88 Å². The Morgan fingerprint density at radius 2 is 1.95 bits per heavy atom. The molecule has 0 saturated heterocycles. The van der Waals surface area contributed by atoms with E-state index in [0.29, 0.717) is 18.0 Å². The number of nitrogens with zero attached hydrogens (tertiary/aromatic N) is 2. The third kappa shape index (κ3) is 4.83. The molecule has 1 heterocycles. The molecule has 0 amide bonds. The van der Waals surface area contributed by atoms with Crippen molar-refractivity contribution in [2.75, 3.05) is 20.6 Å². The summed E-state index contributed by atoms with van der Waals surface area (Å²) < 4.78 is 28.8. The third-order valence-electron chi connectivity index (χ3n) is 3.19. The Kier molecular flexibility index (Phi) is 6.01. The predicted octanol–water partition coefficient (Wildman–Crippen LogP) is 2.28. The van der Waals surface area contributed by atoms with E-state index < -0.39 is 10.0 Å². The van der Waals surface area contributed by atoms with Crippen molar-refractivity contribution in [2.45, 2.75) is 52.1 Å². The van der Waals surface area contributed by atoms with Crippen LogP contribution in [-0.2, 0) is 23.1 Å². The van der Waals surface area contributed by atoms with Crippen molar-refractivity contribution in [2.24, 2.45) is 5.41 Å². The largest absolute Gasteiger partial charge is 0.349 e. The lowest BCUT2D eigenvalue weighted by Gasteiger charge is -2.25. The second-order valence-electron chi connectivity index (χ2n) is 6.71. The van der Waals surface area contributed by atoms with Crippen molar-refractivity contribution in [3.63, 3.8) is 0 Å². The summed E-state index contributed by atoms with van der Waals surface area (Å²) in [5, 5.41) is 3.09. The van der Waals surface area contributed by atoms with Crippen LogP contribution in [0.5, 0.6) is 0 Å². The number of hydrogen-bond acceptors (Lipinski definition) is 3. The average Bonchev–Trinajstić information content (AvgIpc) is 2.72. The lowest BCUT2D eigenvalue weighted by atomic mass is 9.97. The van der Waals surface area contributed by atoms with Gasteiger partial charge in [0.2, 0.25) is 10.0 Å². The second kappa shape index (κ2) is 6.94. The van der Waals surface area contributed by atoms with Gasteiger partial charge in [-0.25, -0.2) is 12.7 Å². The molecule has 0 atom stereocenters. The van der Waals surface area contributed by atoms with E-state index in [2.05, 4.69) is 12.2 Å². The first-order valence-electron chi connectivity index (χ1n) is 7.42. The molecule has 1 rings (SSSR count). The van der Waals surface area contributed by atoms with Gasteiger partial charge in [0.15, 0.2) is 0 Å². The zero-order valence-electron chi connectivity index (χ0n) is 14.1. The molecule has 5 nitrogen and oxygen atoms in total. The first kappa shape index (κ1) is 18.2. The quantitative estimate of drug-likeness (QED) is 0.840. The molecular formula is C15H29N3O2S. The molecule has 0 unspecified atom stereocenters. The summed E-state index contributed by atoms with van der Waals surface area (Å²) in [4.78, 5) is 0.382. The molecule has 0 aliphatic rings. The Morgan fingerprint density at radius 3 is 2.43 bits per heavy atom. The summed E-state index contributed by atoms with van der Waals surface area (Å²) >= 11 is 0. The Hall–Kier alpha value is -0.850. The minimum absolute atomic E-state index is 0.0678. The van der Waals surface area contributed by atoms with E-state index in [1.807, 2.05) is 32.4 Å². The van der Waals surface area contributed by atoms with Crippen molar-refractivity contribution in [1.29, 1.82) is 0 Å². The molecule has 0 saturated carbocycles. The monoisotopic (exact) mass is 315 g/mol. The Labute approximate surface area is 129 Å². The second-order valence-corrected chi connectivity index (χ2v) is 8.76. The van der Waals surface area contributed by atoms with E-state index in [1.165, 1.54) is 4.31 Å². The smallest absolute Gasteiger partial charge is 0.244 e. The molecule has 1 aromatic rings. The minimum Gasteiger partial charge on any atom is -0.349 e. The van der Waals surface area contributed by atoms with E-state index in [-0.39, 0.29) is 5.41 Å². The number of aromatic nitrogens is 1. The van der Waals surface area contributed by atoms with Gasteiger partial charge in [-0.05, 0) is 24.9 Å². The molecule has 0 fully saturated rings. The third-order valence-corrected chi connectivity index (χ3v) is 4.96. The molecule has 0 radical (unpaired) electrons. The summed E-state index contributed by atoms with van der Waals surface area (Å²) in [5.74, 6) is 0. The molecule has 0 spiro atoms. The Balaban J connectivity index is 3.10. The van der Waals surface area contributed by atoms with E-state index in [0.717, 1.165) is 18.7 Å². The highest BCUT2D eigenvalue weighted by Gasteiger charge is 2.26. The lowest BCUT2D eigenvalue weighted by molar-refractivity contribution is 0.311. The summed E-state index contributed by atoms with van der Waals surface area (Å²) in [6, 6.07) is 1.78. The fraction of sp³-hybridized carbons (Fsp3) is 0.733. The molecule has 0 bridgehead atoms. The van der Waals surface area contributed by atoms with Gasteiger partial charge in [-0.15, -0.1) is 0 Å². The molecule has 1 N–H and O–H groups in total. The Bertz CT molecular complexity index is 532. The van der Waals surface area contributed by atoms with Gasteiger partial charge in [-0.1, -0.05) is 27.7 Å². The van der Waals surface area contributed by atoms with Crippen LogP contribution in [0.3, 0.4) is 0 Å². The maximum atomic E-state index is 12.7. The summed E-state index contributed by atoms with van der Waals surface area (Å²) in [6.07, 6.45) is 2.73. The van der Waals surface area contributed by atoms with Crippen LogP contribution < -0.4 is 5.32 Å². The molecule has 0 aliphatic heterocycles. The molecule has 0 aromatic carbocycles. The normalized spacial score (nSPS) is 13.1. The highest BCUT2D eigenvalue weighted by Crippen LogP contribution is 2.22. The fourth-order valence-corrected chi connectivity index (χ4v) is 3.84. The SMILES string of the molecule is CCCn1cc(S(=O)(=O)N(C)CC(C)(C)C)cc1CNC. The van der Waals surface area contributed by atoms with Crippen LogP contribution in [-0.4, -0.2) is 37.9 Å². The van der Waals surface area contributed by atoms with E-state index in [9.17, 15) is 8.42 Å². The molecule has 21 heavy (non-hydrogen) atoms. The van der Waals surface area contributed by atoms with Crippen LogP contribution >= 0.6 is 0 Å². The van der Waals surface area contributed by atoms with Crippen LogP contribution in [0.4, 0.5) is 0 Å². The van der Waals surface area contributed by atoms with Gasteiger partial charge in [-0.3, -0.25) is 0 Å². The molecule has 0 aliphatic carbocycles. The topological polar surface area (TPSA) is 54.3 Å². The van der Waals surface area contributed by atoms with E-state index in [1.54, 1.807) is 19.3 Å². The van der Waals surface area contributed by atoms with Crippen molar-refractivity contribution < 1.29 is 8.42 Å². The van der Waals surface area contributed by atoms with Gasteiger partial charge in [0.05, 0.1) is 0 Å². The zero-order chi connectivity index (χ0) is 16.3. The van der Waals surface area contributed by atoms with E-state index in [4.69, 9.17) is 0 Å². The van der Waals surface area contributed by atoms with E-state index >= 15 is 0 Å². The van der Waals surface area contributed by atoms with Crippen molar-refractivity contribution in [3.05, 3.63) is 18.0 Å². The highest BCUT2D eigenvalue weighted by atomic mass is 32.2. The van der Waals surface area contributed by atoms with Crippen LogP contribution in [0.1, 0.15) is 39.8 Å². The van der Waals surface area contributed by atoms with Gasteiger partial charge in [-0.2, -0.15) is 0 Å². The maximum Gasteiger partial charge on any atom is 0.244 e. The molecule has 122 valence electrons. The number of sulfonamides is 1. The van der Waals surface area contributed by atoms with Crippen LogP contribution in [0.25, 0.3) is 0 Å². The lowest BCUT2D eigenvalue weighted by Crippen LogP contribution is -2.34. The van der Waals surface area contributed by atoms with Crippen LogP contribution in [0.15, 0.2) is 17.2 Å². The fourth-order valence-electron chi connectivity index (χ4n) is 2.38. The summed E-state index contributed by atoms with van der Waals surface area (Å²) in [6.45, 7) is 10.2. The number of hydrogen-bond donors (Lipinski definition) is 1. The standard InChI is InChI=1S/C15H29N3O2S/c1-7-8-18-11-14(9-13(18)10-16-5)21(19,20)17(6)12-15(2,3)4/h9,11,16H,7-8,10,12H2,1-6H3. The summed E-state index contributed by atoms with van der Waals surface area (Å²) in [5.41, 5.74) is 0.934. The minimum atomic E-state index is -3.43. The zero-order valence-corrected chi connectivity index (χ0v) is 14.9. The highest BCUT2D eigenvalue weighted by molar-refractivity contribution is 7.89. The molecule has 6 heteroatoms. The first-order valence-corrected chi connectivity index (χ1v) is 8.86. The summed E-state index contributed by atoms with van der Waals surface area (Å²) in [7, 11) is 0.0868. The van der Waals surface area contributed by atoms with Gasteiger partial charge in [0.1, 0.15) is 4.90 Å². The number of aryl methyl sites for hydroxylation is 1. The van der Waals surface area contributed by atoms with Crippen LogP contribution in [0, 0.1) is 5.41 Å². The van der Waals surface area contributed by atoms with Gasteiger partial charge >= 0.3 is 0 Å². The molecule has 1 aromatic heterocycles. The number of nitrogens with one attached hydrogen (secondary N) is 1. The maximum absolute atomic E-state index is 12.7. The van der Waals surface area contributed by atoms with Gasteiger partial charge in [0.25, 0.3) is 0 Å². The Morgan fingerprint density at radius 1 is 1.33 bits per heavy atom. The van der Waals surface area contributed by atoms with Gasteiger partial charge in [0, 0.05) is 38.6 Å². The van der Waals surface area contributed by atoms with Crippen molar-refractivity contribution in [1.82, 2.24) is 14.2 Å². The molecular weight excluding hydrogens is 286 g/mol. The van der Waals surface area contributed by atoms with Crippen LogP contribution in [0.2, 0.25) is 0 Å². The average molecular weight is 315 g/mol. The number of rotatable bonds is 7.